The Morgan fingerprint density at radius 1 is 1.00 bits per heavy atom. The molecule has 0 aliphatic carbocycles. The van der Waals surface area contributed by atoms with E-state index in [4.69, 9.17) is 10.5 Å². The average molecular weight is 281 g/mol. The minimum absolute atomic E-state index is 0.0409. The summed E-state index contributed by atoms with van der Waals surface area (Å²) >= 11 is 0. The molecule has 0 saturated heterocycles. The van der Waals surface area contributed by atoms with Gasteiger partial charge in [-0.25, -0.2) is 13.2 Å². The molecular formula is C15H14F3NO. The van der Waals surface area contributed by atoms with Crippen molar-refractivity contribution in [3.8, 4) is 5.75 Å². The fourth-order valence-electron chi connectivity index (χ4n) is 1.71. The van der Waals surface area contributed by atoms with Gasteiger partial charge in [0.05, 0.1) is 0 Å². The molecule has 2 nitrogen and oxygen atoms in total. The number of nitrogens with two attached hydrogens (primary N) is 1. The lowest BCUT2D eigenvalue weighted by Crippen LogP contribution is -2.06. The Labute approximate surface area is 115 Å². The van der Waals surface area contributed by atoms with Crippen LogP contribution in [0.1, 0.15) is 24.1 Å². The van der Waals surface area contributed by atoms with Crippen LogP contribution in [0.25, 0.3) is 0 Å². The summed E-state index contributed by atoms with van der Waals surface area (Å²) in [4.78, 5) is 0. The van der Waals surface area contributed by atoms with Crippen LogP contribution < -0.4 is 10.5 Å². The second-order valence-electron chi connectivity index (χ2n) is 4.52. The number of hydrogen-bond acceptors (Lipinski definition) is 2. The second kappa shape index (κ2) is 5.96. The van der Waals surface area contributed by atoms with Crippen LogP contribution in [0.3, 0.4) is 0 Å². The molecule has 0 saturated carbocycles. The number of ether oxygens (including phenoxy) is 1. The quantitative estimate of drug-likeness (QED) is 0.927. The monoisotopic (exact) mass is 281 g/mol. The van der Waals surface area contributed by atoms with Gasteiger partial charge in [-0.1, -0.05) is 12.1 Å². The maximum Gasteiger partial charge on any atom is 0.165 e. The van der Waals surface area contributed by atoms with Gasteiger partial charge < -0.3 is 10.5 Å². The normalized spacial score (nSPS) is 12.2. The van der Waals surface area contributed by atoms with Crippen LogP contribution in [0.5, 0.6) is 5.75 Å². The molecule has 2 rings (SSSR count). The zero-order chi connectivity index (χ0) is 14.7. The van der Waals surface area contributed by atoms with Gasteiger partial charge in [-0.2, -0.15) is 0 Å². The van der Waals surface area contributed by atoms with Crippen molar-refractivity contribution in [2.45, 2.75) is 19.6 Å². The summed E-state index contributed by atoms with van der Waals surface area (Å²) in [5.41, 5.74) is 6.72. The van der Waals surface area contributed by atoms with Crippen molar-refractivity contribution in [1.29, 1.82) is 0 Å². The first kappa shape index (κ1) is 14.4. The van der Waals surface area contributed by atoms with Crippen LogP contribution in [0.4, 0.5) is 13.2 Å². The van der Waals surface area contributed by atoms with Gasteiger partial charge in [-0.05, 0) is 42.3 Å². The Hall–Kier alpha value is -2.01. The first-order chi connectivity index (χ1) is 9.47. The summed E-state index contributed by atoms with van der Waals surface area (Å²) in [6.07, 6.45) is 0. The molecule has 0 heterocycles. The van der Waals surface area contributed by atoms with E-state index < -0.39 is 17.5 Å². The first-order valence-electron chi connectivity index (χ1n) is 6.09. The average Bonchev–Trinajstić information content (AvgIpc) is 2.41. The van der Waals surface area contributed by atoms with Crippen molar-refractivity contribution in [2.24, 2.45) is 5.73 Å². The largest absolute Gasteiger partial charge is 0.486 e. The number of benzene rings is 2. The Bertz CT molecular complexity index is 614. The standard InChI is InChI=1S/C15H14F3NO/c1-9(19)11-3-5-15(14(18)7-11)20-8-10-2-4-12(16)13(17)6-10/h2-7,9H,8,19H2,1H3. The minimum atomic E-state index is -0.959. The van der Waals surface area contributed by atoms with Crippen molar-refractivity contribution in [3.05, 3.63) is 65.0 Å². The lowest BCUT2D eigenvalue weighted by atomic mass is 10.1. The van der Waals surface area contributed by atoms with Gasteiger partial charge in [0.15, 0.2) is 23.2 Å². The highest BCUT2D eigenvalue weighted by Crippen LogP contribution is 2.22. The van der Waals surface area contributed by atoms with E-state index in [1.165, 1.54) is 18.2 Å². The Kier molecular flexibility index (Phi) is 4.29. The summed E-state index contributed by atoms with van der Waals surface area (Å²) in [5.74, 6) is -2.39. The van der Waals surface area contributed by atoms with E-state index in [9.17, 15) is 13.2 Å². The Morgan fingerprint density at radius 3 is 2.35 bits per heavy atom. The van der Waals surface area contributed by atoms with Gasteiger partial charge >= 0.3 is 0 Å². The molecule has 2 N–H and O–H groups in total. The molecule has 5 heteroatoms. The van der Waals surface area contributed by atoms with E-state index in [1.807, 2.05) is 0 Å². The summed E-state index contributed by atoms with van der Waals surface area (Å²) < 4.78 is 44.8. The van der Waals surface area contributed by atoms with Crippen LogP contribution in [-0.4, -0.2) is 0 Å². The molecule has 0 bridgehead atoms. The second-order valence-corrected chi connectivity index (χ2v) is 4.52. The third-order valence-corrected chi connectivity index (χ3v) is 2.86. The van der Waals surface area contributed by atoms with Crippen LogP contribution in [-0.2, 0) is 6.61 Å². The van der Waals surface area contributed by atoms with Gasteiger partial charge in [0.2, 0.25) is 0 Å². The zero-order valence-corrected chi connectivity index (χ0v) is 10.9. The molecule has 106 valence electrons. The van der Waals surface area contributed by atoms with Crippen LogP contribution in [0.15, 0.2) is 36.4 Å². The number of hydrogen-bond donors (Lipinski definition) is 1. The van der Waals surface area contributed by atoms with Crippen LogP contribution in [0, 0.1) is 17.5 Å². The molecule has 2 aromatic carbocycles. The summed E-state index contributed by atoms with van der Waals surface area (Å²) in [6, 6.07) is 7.55. The topological polar surface area (TPSA) is 35.2 Å². The highest BCUT2D eigenvalue weighted by atomic mass is 19.2. The van der Waals surface area contributed by atoms with E-state index >= 15 is 0 Å². The van der Waals surface area contributed by atoms with Crippen LogP contribution >= 0.6 is 0 Å². The van der Waals surface area contributed by atoms with E-state index in [0.717, 1.165) is 12.1 Å². The van der Waals surface area contributed by atoms with Crippen molar-refractivity contribution < 1.29 is 17.9 Å². The van der Waals surface area contributed by atoms with Gasteiger partial charge in [0.1, 0.15) is 6.61 Å². The summed E-state index contributed by atoms with van der Waals surface area (Å²) in [7, 11) is 0. The molecule has 0 aromatic heterocycles. The van der Waals surface area contributed by atoms with Crippen molar-refractivity contribution in [1.82, 2.24) is 0 Å². The Morgan fingerprint density at radius 2 is 1.75 bits per heavy atom. The molecule has 1 unspecified atom stereocenters. The molecule has 0 fully saturated rings. The van der Waals surface area contributed by atoms with Crippen molar-refractivity contribution >= 4 is 0 Å². The molecule has 0 amide bonds. The predicted octanol–water partition coefficient (Wildman–Crippen LogP) is 3.70. The molecule has 0 aliphatic heterocycles. The molecule has 0 radical (unpaired) electrons. The third-order valence-electron chi connectivity index (χ3n) is 2.86. The van der Waals surface area contributed by atoms with Gasteiger partial charge in [0, 0.05) is 6.04 Å². The Balaban J connectivity index is 2.09. The number of halogens is 3. The molecule has 1 atom stereocenters. The predicted molar refractivity (Wildman–Crippen MR) is 69.7 cm³/mol. The van der Waals surface area contributed by atoms with E-state index in [0.29, 0.717) is 11.1 Å². The maximum atomic E-state index is 13.7. The first-order valence-corrected chi connectivity index (χ1v) is 6.09. The molecule has 20 heavy (non-hydrogen) atoms. The lowest BCUT2D eigenvalue weighted by molar-refractivity contribution is 0.289. The van der Waals surface area contributed by atoms with Gasteiger partial charge in [-0.15, -0.1) is 0 Å². The summed E-state index contributed by atoms with van der Waals surface area (Å²) in [6.45, 7) is 1.70. The third kappa shape index (κ3) is 3.30. The summed E-state index contributed by atoms with van der Waals surface area (Å²) in [5, 5.41) is 0. The van der Waals surface area contributed by atoms with Gasteiger partial charge in [0.25, 0.3) is 0 Å². The molecule has 2 aromatic rings. The maximum absolute atomic E-state index is 13.7. The minimum Gasteiger partial charge on any atom is -0.486 e. The number of rotatable bonds is 4. The highest BCUT2D eigenvalue weighted by Gasteiger charge is 2.08. The fourth-order valence-corrected chi connectivity index (χ4v) is 1.71. The van der Waals surface area contributed by atoms with Crippen molar-refractivity contribution in [3.63, 3.8) is 0 Å². The van der Waals surface area contributed by atoms with E-state index in [2.05, 4.69) is 0 Å². The molecular weight excluding hydrogens is 267 g/mol. The van der Waals surface area contributed by atoms with E-state index in [-0.39, 0.29) is 18.4 Å². The lowest BCUT2D eigenvalue weighted by Gasteiger charge is -2.10. The van der Waals surface area contributed by atoms with E-state index in [1.54, 1.807) is 13.0 Å². The van der Waals surface area contributed by atoms with Crippen molar-refractivity contribution in [2.75, 3.05) is 0 Å². The smallest absolute Gasteiger partial charge is 0.165 e. The fraction of sp³-hybridized carbons (Fsp3) is 0.200. The highest BCUT2D eigenvalue weighted by molar-refractivity contribution is 5.31. The molecule has 0 spiro atoms. The van der Waals surface area contributed by atoms with Crippen LogP contribution in [0.2, 0.25) is 0 Å². The molecule has 0 aliphatic rings. The SMILES string of the molecule is CC(N)c1ccc(OCc2ccc(F)c(F)c2)c(F)c1. The van der Waals surface area contributed by atoms with Gasteiger partial charge in [-0.3, -0.25) is 0 Å². The zero-order valence-electron chi connectivity index (χ0n) is 10.9.